The Morgan fingerprint density at radius 1 is 0.920 bits per heavy atom. The Balaban J connectivity index is 1.55. The zero-order chi connectivity index (χ0) is 17.1. The minimum atomic E-state index is -0.289. The second kappa shape index (κ2) is 6.70. The van der Waals surface area contributed by atoms with Gasteiger partial charge in [-0.3, -0.25) is 10.1 Å². The van der Waals surface area contributed by atoms with Crippen molar-refractivity contribution in [2.75, 3.05) is 5.32 Å². The van der Waals surface area contributed by atoms with Crippen LogP contribution in [0.15, 0.2) is 75.8 Å². The molecule has 0 bridgehead atoms. The molecule has 5 nitrogen and oxygen atoms in total. The molecule has 122 valence electrons. The molecule has 0 aliphatic carbocycles. The SMILES string of the molecule is O=C(Nc1nnc(-c2cccc(-c3ccsc3)c2)o1)c1ccccc1. The Kier molecular flexibility index (Phi) is 4.10. The smallest absolute Gasteiger partial charge is 0.322 e. The Morgan fingerprint density at radius 3 is 2.56 bits per heavy atom. The molecule has 6 heteroatoms. The maximum Gasteiger partial charge on any atom is 0.322 e. The van der Waals surface area contributed by atoms with E-state index in [0.717, 1.165) is 16.7 Å². The van der Waals surface area contributed by atoms with E-state index in [1.54, 1.807) is 35.6 Å². The summed E-state index contributed by atoms with van der Waals surface area (Å²) in [6.07, 6.45) is 0. The molecule has 1 amide bonds. The first-order valence-corrected chi connectivity index (χ1v) is 8.57. The van der Waals surface area contributed by atoms with Crippen LogP contribution in [0.25, 0.3) is 22.6 Å². The Bertz CT molecular complexity index is 994. The van der Waals surface area contributed by atoms with Crippen LogP contribution in [0.1, 0.15) is 10.4 Å². The molecule has 1 N–H and O–H groups in total. The van der Waals surface area contributed by atoms with E-state index < -0.39 is 0 Å². The average molecular weight is 347 g/mol. The Morgan fingerprint density at radius 2 is 1.76 bits per heavy atom. The molecule has 0 radical (unpaired) electrons. The molecule has 0 saturated heterocycles. The molecule has 0 aliphatic heterocycles. The van der Waals surface area contributed by atoms with E-state index in [1.807, 2.05) is 35.7 Å². The third kappa shape index (κ3) is 3.34. The van der Waals surface area contributed by atoms with Gasteiger partial charge in [0.25, 0.3) is 5.91 Å². The molecule has 0 fully saturated rings. The number of nitrogens with zero attached hydrogens (tertiary/aromatic N) is 2. The molecule has 25 heavy (non-hydrogen) atoms. The van der Waals surface area contributed by atoms with E-state index in [2.05, 4.69) is 27.0 Å². The van der Waals surface area contributed by atoms with Crippen LogP contribution in [0.2, 0.25) is 0 Å². The monoisotopic (exact) mass is 347 g/mol. The molecule has 0 spiro atoms. The molecular formula is C19H13N3O2S. The highest BCUT2D eigenvalue weighted by atomic mass is 32.1. The molecular weight excluding hydrogens is 334 g/mol. The van der Waals surface area contributed by atoms with Crippen molar-refractivity contribution in [2.24, 2.45) is 0 Å². The maximum atomic E-state index is 12.1. The largest absolute Gasteiger partial charge is 0.403 e. The van der Waals surface area contributed by atoms with Gasteiger partial charge in [-0.15, -0.1) is 5.10 Å². The normalized spacial score (nSPS) is 10.6. The van der Waals surface area contributed by atoms with Gasteiger partial charge in [0.05, 0.1) is 0 Å². The van der Waals surface area contributed by atoms with Gasteiger partial charge in [-0.05, 0) is 52.2 Å². The van der Waals surface area contributed by atoms with Crippen LogP contribution in [0.5, 0.6) is 0 Å². The quantitative estimate of drug-likeness (QED) is 0.580. The van der Waals surface area contributed by atoms with Gasteiger partial charge in [0.1, 0.15) is 0 Å². The lowest BCUT2D eigenvalue weighted by Gasteiger charge is -2.01. The summed E-state index contributed by atoms with van der Waals surface area (Å²) in [7, 11) is 0. The Hall–Kier alpha value is -3.25. The summed E-state index contributed by atoms with van der Waals surface area (Å²) in [4.78, 5) is 12.1. The topological polar surface area (TPSA) is 68.0 Å². The van der Waals surface area contributed by atoms with Crippen LogP contribution in [0, 0.1) is 0 Å². The highest BCUT2D eigenvalue weighted by Crippen LogP contribution is 2.27. The fourth-order valence-corrected chi connectivity index (χ4v) is 3.07. The van der Waals surface area contributed by atoms with Gasteiger partial charge in [0.15, 0.2) is 0 Å². The number of carbonyl (C=O) groups excluding carboxylic acids is 1. The van der Waals surface area contributed by atoms with E-state index in [4.69, 9.17) is 4.42 Å². The molecule has 2 aromatic carbocycles. The predicted molar refractivity (Wildman–Crippen MR) is 97.4 cm³/mol. The van der Waals surface area contributed by atoms with Gasteiger partial charge >= 0.3 is 6.01 Å². The number of nitrogens with one attached hydrogen (secondary N) is 1. The van der Waals surface area contributed by atoms with Gasteiger partial charge in [0, 0.05) is 11.1 Å². The Labute approximate surface area is 148 Å². The minimum Gasteiger partial charge on any atom is -0.403 e. The standard InChI is InChI=1S/C19H13N3O2S/c23-17(13-5-2-1-3-6-13)20-19-22-21-18(24-19)15-8-4-7-14(11-15)16-9-10-25-12-16/h1-12H,(H,20,22,23). The lowest BCUT2D eigenvalue weighted by Crippen LogP contribution is -2.11. The second-order valence-electron chi connectivity index (χ2n) is 5.33. The number of anilines is 1. The van der Waals surface area contributed by atoms with E-state index in [-0.39, 0.29) is 11.9 Å². The van der Waals surface area contributed by atoms with Gasteiger partial charge in [0.2, 0.25) is 5.89 Å². The lowest BCUT2D eigenvalue weighted by atomic mass is 10.1. The molecule has 0 atom stereocenters. The summed E-state index contributed by atoms with van der Waals surface area (Å²) in [5.41, 5.74) is 3.55. The van der Waals surface area contributed by atoms with Crippen molar-refractivity contribution in [3.05, 3.63) is 77.0 Å². The molecule has 2 aromatic heterocycles. The van der Waals surface area contributed by atoms with Crippen LogP contribution in [0.3, 0.4) is 0 Å². The minimum absolute atomic E-state index is 0.0739. The highest BCUT2D eigenvalue weighted by molar-refractivity contribution is 7.08. The molecule has 0 aliphatic rings. The van der Waals surface area contributed by atoms with Crippen LogP contribution in [0.4, 0.5) is 6.01 Å². The van der Waals surface area contributed by atoms with Gasteiger partial charge in [-0.1, -0.05) is 35.4 Å². The summed E-state index contributed by atoms with van der Waals surface area (Å²) >= 11 is 1.65. The second-order valence-corrected chi connectivity index (χ2v) is 6.11. The van der Waals surface area contributed by atoms with E-state index in [9.17, 15) is 4.79 Å². The van der Waals surface area contributed by atoms with E-state index in [0.29, 0.717) is 11.5 Å². The number of thiophene rings is 1. The first kappa shape index (κ1) is 15.3. The van der Waals surface area contributed by atoms with Crippen LogP contribution >= 0.6 is 11.3 Å². The number of hydrogen-bond acceptors (Lipinski definition) is 5. The van der Waals surface area contributed by atoms with Crippen LogP contribution in [-0.2, 0) is 0 Å². The fourth-order valence-electron chi connectivity index (χ4n) is 2.41. The summed E-state index contributed by atoms with van der Waals surface area (Å²) < 4.78 is 5.58. The van der Waals surface area contributed by atoms with Gasteiger partial charge in [-0.25, -0.2) is 0 Å². The molecule has 2 heterocycles. The number of amides is 1. The van der Waals surface area contributed by atoms with Crippen molar-refractivity contribution in [3.8, 4) is 22.6 Å². The van der Waals surface area contributed by atoms with Crippen molar-refractivity contribution < 1.29 is 9.21 Å². The van der Waals surface area contributed by atoms with Crippen molar-refractivity contribution in [2.45, 2.75) is 0 Å². The van der Waals surface area contributed by atoms with Crippen LogP contribution < -0.4 is 5.32 Å². The van der Waals surface area contributed by atoms with Crippen molar-refractivity contribution in [1.29, 1.82) is 0 Å². The van der Waals surface area contributed by atoms with Gasteiger partial charge < -0.3 is 4.42 Å². The van der Waals surface area contributed by atoms with E-state index in [1.165, 1.54) is 0 Å². The van der Waals surface area contributed by atoms with Crippen molar-refractivity contribution in [1.82, 2.24) is 10.2 Å². The number of hydrogen-bond donors (Lipinski definition) is 1. The summed E-state index contributed by atoms with van der Waals surface area (Å²) in [5, 5.41) is 14.7. The fraction of sp³-hybridized carbons (Fsp3) is 0. The summed E-state index contributed by atoms with van der Waals surface area (Å²) in [5.74, 6) is 0.0725. The first-order valence-electron chi connectivity index (χ1n) is 7.62. The molecule has 0 saturated carbocycles. The van der Waals surface area contributed by atoms with E-state index >= 15 is 0 Å². The van der Waals surface area contributed by atoms with Crippen LogP contribution in [-0.4, -0.2) is 16.1 Å². The number of aromatic nitrogens is 2. The van der Waals surface area contributed by atoms with Gasteiger partial charge in [-0.2, -0.15) is 11.3 Å². The predicted octanol–water partition coefficient (Wildman–Crippen LogP) is 4.72. The first-order chi connectivity index (χ1) is 12.3. The van der Waals surface area contributed by atoms with Crippen molar-refractivity contribution >= 4 is 23.3 Å². The maximum absolute atomic E-state index is 12.1. The average Bonchev–Trinajstić information content (AvgIpc) is 3.35. The molecule has 4 aromatic rings. The highest BCUT2D eigenvalue weighted by Gasteiger charge is 2.13. The summed E-state index contributed by atoms with van der Waals surface area (Å²) in [6.45, 7) is 0. The lowest BCUT2D eigenvalue weighted by molar-refractivity contribution is 0.102. The molecule has 0 unspecified atom stereocenters. The number of benzene rings is 2. The third-order valence-corrected chi connectivity index (χ3v) is 4.33. The zero-order valence-electron chi connectivity index (χ0n) is 13.0. The number of rotatable bonds is 4. The zero-order valence-corrected chi connectivity index (χ0v) is 13.9. The summed E-state index contributed by atoms with van der Waals surface area (Å²) in [6, 6.07) is 18.9. The molecule has 4 rings (SSSR count). The number of carbonyl (C=O) groups is 1. The third-order valence-electron chi connectivity index (χ3n) is 3.65. The van der Waals surface area contributed by atoms with Crippen molar-refractivity contribution in [3.63, 3.8) is 0 Å².